The Morgan fingerprint density at radius 2 is 1.92 bits per heavy atom. The minimum absolute atomic E-state index is 0.122. The van der Waals surface area contributed by atoms with Crippen LogP contribution in [0.5, 0.6) is 0 Å². The largest absolute Gasteiger partial charge is 0.456 e. The molecule has 138 valence electrons. The first-order chi connectivity index (χ1) is 12.4. The van der Waals surface area contributed by atoms with Crippen molar-refractivity contribution in [3.05, 3.63) is 47.0 Å². The van der Waals surface area contributed by atoms with Crippen LogP contribution < -0.4 is 5.32 Å². The zero-order valence-electron chi connectivity index (χ0n) is 14.8. The predicted octanol–water partition coefficient (Wildman–Crippen LogP) is 3.07. The second kappa shape index (κ2) is 9.28. The summed E-state index contributed by atoms with van der Waals surface area (Å²) >= 11 is 1.46. The van der Waals surface area contributed by atoms with Gasteiger partial charge in [0.05, 0.1) is 0 Å². The van der Waals surface area contributed by atoms with Gasteiger partial charge in [-0.25, -0.2) is 14.4 Å². The summed E-state index contributed by atoms with van der Waals surface area (Å²) in [5.74, 6) is -1.48. The molecule has 1 aromatic carbocycles. The van der Waals surface area contributed by atoms with Crippen molar-refractivity contribution in [2.45, 2.75) is 31.8 Å². The van der Waals surface area contributed by atoms with Crippen LogP contribution in [0.25, 0.3) is 0 Å². The van der Waals surface area contributed by atoms with Gasteiger partial charge in [-0.1, -0.05) is 17.8 Å². The van der Waals surface area contributed by atoms with Gasteiger partial charge in [0.2, 0.25) is 0 Å². The second-order valence-electron chi connectivity index (χ2n) is 5.58. The first kappa shape index (κ1) is 19.8. The lowest BCUT2D eigenvalue weighted by Gasteiger charge is -2.10. The van der Waals surface area contributed by atoms with E-state index in [-0.39, 0.29) is 6.42 Å². The van der Waals surface area contributed by atoms with Crippen molar-refractivity contribution in [2.24, 2.45) is 0 Å². The number of thioether (sulfide) groups is 1. The number of nitrogens with one attached hydrogen (secondary N) is 1. The fraction of sp³-hybridized carbons (Fsp3) is 0.333. The van der Waals surface area contributed by atoms with Gasteiger partial charge in [0, 0.05) is 23.5 Å². The van der Waals surface area contributed by atoms with Gasteiger partial charge < -0.3 is 10.1 Å². The third-order valence-electron chi connectivity index (χ3n) is 3.63. The average molecular weight is 377 g/mol. The number of esters is 1. The first-order valence-corrected chi connectivity index (χ1v) is 9.20. The molecule has 0 aliphatic carbocycles. The predicted molar refractivity (Wildman–Crippen MR) is 97.6 cm³/mol. The number of aryl methyl sites for hydroxylation is 2. The molecule has 1 heterocycles. The van der Waals surface area contributed by atoms with Crippen molar-refractivity contribution in [3.63, 3.8) is 0 Å². The molecule has 0 saturated carbocycles. The number of carbonyl (C=O) groups excluding carboxylic acids is 2. The normalized spacial score (nSPS) is 10.5. The Bertz CT molecular complexity index is 791. The molecule has 0 fully saturated rings. The number of amides is 1. The van der Waals surface area contributed by atoms with Crippen molar-refractivity contribution in [2.75, 3.05) is 18.2 Å². The quantitative estimate of drug-likeness (QED) is 0.454. The number of aromatic nitrogens is 2. The van der Waals surface area contributed by atoms with Crippen LogP contribution in [-0.4, -0.2) is 34.7 Å². The Morgan fingerprint density at radius 3 is 2.54 bits per heavy atom. The highest BCUT2D eigenvalue weighted by atomic mass is 32.2. The molecule has 0 saturated heterocycles. The maximum atomic E-state index is 13.1. The monoisotopic (exact) mass is 377 g/mol. The molecule has 0 radical (unpaired) electrons. The maximum Gasteiger partial charge on any atom is 0.306 e. The van der Waals surface area contributed by atoms with Gasteiger partial charge in [0.25, 0.3) is 5.91 Å². The number of hydrogen-bond acceptors (Lipinski definition) is 6. The summed E-state index contributed by atoms with van der Waals surface area (Å²) in [5, 5.41) is 3.16. The van der Waals surface area contributed by atoms with Crippen LogP contribution in [0.1, 0.15) is 23.4 Å². The molecule has 8 heteroatoms. The van der Waals surface area contributed by atoms with E-state index in [0.29, 0.717) is 17.3 Å². The van der Waals surface area contributed by atoms with Crippen LogP contribution in [0.3, 0.4) is 0 Å². The Balaban J connectivity index is 1.81. The van der Waals surface area contributed by atoms with Crippen LogP contribution in [-0.2, 0) is 20.7 Å². The van der Waals surface area contributed by atoms with E-state index in [4.69, 9.17) is 4.74 Å². The lowest BCUT2D eigenvalue weighted by atomic mass is 10.1. The Labute approximate surface area is 155 Å². The van der Waals surface area contributed by atoms with E-state index < -0.39 is 24.3 Å². The van der Waals surface area contributed by atoms with Crippen molar-refractivity contribution in [3.8, 4) is 0 Å². The minimum Gasteiger partial charge on any atom is -0.456 e. The van der Waals surface area contributed by atoms with Crippen LogP contribution in [0.2, 0.25) is 0 Å². The smallest absolute Gasteiger partial charge is 0.306 e. The number of hydrogen-bond donors (Lipinski definition) is 1. The van der Waals surface area contributed by atoms with Crippen molar-refractivity contribution in [1.29, 1.82) is 0 Å². The molecule has 0 unspecified atom stereocenters. The summed E-state index contributed by atoms with van der Waals surface area (Å²) in [6.45, 7) is 3.33. The van der Waals surface area contributed by atoms with E-state index in [9.17, 15) is 14.0 Å². The van der Waals surface area contributed by atoms with Crippen molar-refractivity contribution in [1.82, 2.24) is 9.97 Å². The molecule has 0 bridgehead atoms. The van der Waals surface area contributed by atoms with Gasteiger partial charge in [-0.15, -0.1) is 0 Å². The molecule has 0 atom stereocenters. The SMILES string of the molecule is CSc1nc(C)c(CCC(=O)OCC(=O)Nc2cccc(F)c2)c(C)n1. The van der Waals surface area contributed by atoms with Crippen LogP contribution in [0, 0.1) is 19.7 Å². The number of rotatable bonds is 7. The van der Waals surface area contributed by atoms with Gasteiger partial charge in [-0.2, -0.15) is 0 Å². The number of carbonyl (C=O) groups is 2. The van der Waals surface area contributed by atoms with Gasteiger partial charge in [0.1, 0.15) is 5.82 Å². The maximum absolute atomic E-state index is 13.1. The number of halogens is 1. The van der Waals surface area contributed by atoms with Gasteiger partial charge >= 0.3 is 5.97 Å². The van der Waals surface area contributed by atoms with Crippen LogP contribution in [0.15, 0.2) is 29.4 Å². The van der Waals surface area contributed by atoms with E-state index in [1.165, 1.54) is 30.0 Å². The first-order valence-electron chi connectivity index (χ1n) is 7.98. The lowest BCUT2D eigenvalue weighted by molar-refractivity contribution is -0.147. The summed E-state index contributed by atoms with van der Waals surface area (Å²) in [6, 6.07) is 5.48. The van der Waals surface area contributed by atoms with E-state index >= 15 is 0 Å². The zero-order chi connectivity index (χ0) is 19.1. The fourth-order valence-electron chi connectivity index (χ4n) is 2.37. The summed E-state index contributed by atoms with van der Waals surface area (Å²) in [4.78, 5) is 32.3. The molecule has 2 aromatic rings. The average Bonchev–Trinajstić information content (AvgIpc) is 2.59. The standard InChI is InChI=1S/C18H20FN3O3S/c1-11-15(12(2)21-18(20-11)26-3)7-8-17(24)25-10-16(23)22-14-6-4-5-13(19)9-14/h4-6,9H,7-8,10H2,1-3H3,(H,22,23). The molecular formula is C18H20FN3O3S. The van der Waals surface area contributed by atoms with E-state index in [1.54, 1.807) is 6.07 Å². The van der Waals surface area contributed by atoms with Gasteiger partial charge in [0.15, 0.2) is 11.8 Å². The highest BCUT2D eigenvalue weighted by molar-refractivity contribution is 7.98. The van der Waals surface area contributed by atoms with Crippen LogP contribution in [0.4, 0.5) is 10.1 Å². The molecule has 0 spiro atoms. The van der Waals surface area contributed by atoms with Crippen LogP contribution >= 0.6 is 11.8 Å². The van der Waals surface area contributed by atoms with Crippen molar-refractivity contribution < 1.29 is 18.7 Å². The van der Waals surface area contributed by atoms with E-state index in [2.05, 4.69) is 15.3 Å². The Kier molecular flexibility index (Phi) is 7.08. The minimum atomic E-state index is -0.524. The highest BCUT2D eigenvalue weighted by Gasteiger charge is 2.13. The second-order valence-corrected chi connectivity index (χ2v) is 6.35. The molecule has 2 rings (SSSR count). The Morgan fingerprint density at radius 1 is 1.23 bits per heavy atom. The number of ether oxygens (including phenoxy) is 1. The number of anilines is 1. The summed E-state index contributed by atoms with van der Waals surface area (Å²) in [6.07, 6.45) is 2.47. The molecular weight excluding hydrogens is 357 g/mol. The zero-order valence-corrected chi connectivity index (χ0v) is 15.7. The summed E-state index contributed by atoms with van der Waals surface area (Å²) < 4.78 is 18.0. The number of nitrogens with zero attached hydrogens (tertiary/aromatic N) is 2. The summed E-state index contributed by atoms with van der Waals surface area (Å²) in [7, 11) is 0. The Hall–Kier alpha value is -2.48. The molecule has 6 nitrogen and oxygen atoms in total. The molecule has 1 N–H and O–H groups in total. The fourth-order valence-corrected chi connectivity index (χ4v) is 2.83. The molecule has 1 amide bonds. The summed E-state index contributed by atoms with van der Waals surface area (Å²) in [5.41, 5.74) is 2.88. The molecule has 26 heavy (non-hydrogen) atoms. The third kappa shape index (κ3) is 5.80. The lowest BCUT2D eigenvalue weighted by Crippen LogP contribution is -2.21. The third-order valence-corrected chi connectivity index (χ3v) is 4.18. The molecule has 0 aliphatic rings. The molecule has 0 aliphatic heterocycles. The highest BCUT2D eigenvalue weighted by Crippen LogP contribution is 2.17. The van der Waals surface area contributed by atoms with E-state index in [1.807, 2.05) is 20.1 Å². The van der Waals surface area contributed by atoms with Gasteiger partial charge in [-0.05, 0) is 50.3 Å². The topological polar surface area (TPSA) is 81.2 Å². The molecule has 1 aromatic heterocycles. The van der Waals surface area contributed by atoms with E-state index in [0.717, 1.165) is 17.0 Å². The van der Waals surface area contributed by atoms with Gasteiger partial charge in [-0.3, -0.25) is 9.59 Å². The van der Waals surface area contributed by atoms with Crippen molar-refractivity contribution >= 4 is 29.3 Å². The number of benzene rings is 1.